The lowest BCUT2D eigenvalue weighted by Gasteiger charge is -2.22. The molecule has 1 amide bonds. The number of carbonyl (C=O) groups excluding carboxylic acids is 2. The van der Waals surface area contributed by atoms with Gasteiger partial charge in [0.25, 0.3) is 5.69 Å². The van der Waals surface area contributed by atoms with Crippen molar-refractivity contribution >= 4 is 23.5 Å². The summed E-state index contributed by atoms with van der Waals surface area (Å²) >= 11 is 0. The normalized spacial score (nSPS) is 21.8. The Kier molecular flexibility index (Phi) is 6.83. The van der Waals surface area contributed by atoms with Gasteiger partial charge in [-0.1, -0.05) is 0 Å². The molecule has 0 spiro atoms. The maximum Gasteiger partial charge on any atom is 0.331 e. The van der Waals surface area contributed by atoms with E-state index in [-0.39, 0.29) is 36.1 Å². The second kappa shape index (κ2) is 9.53. The number of carbonyl (C=O) groups is 2. The number of amides is 1. The van der Waals surface area contributed by atoms with Crippen molar-refractivity contribution in [3.63, 3.8) is 0 Å². The minimum absolute atomic E-state index is 0.0395. The SMILES string of the molecule is NC(N)=NC(C(=O)OCc1ccc([N+](=O)[O-])cc1)[C@@H]1CCN(C(=O)C2CCCN2)C1. The van der Waals surface area contributed by atoms with Gasteiger partial charge in [-0.05, 0) is 43.5 Å². The molecule has 11 heteroatoms. The molecule has 1 aromatic rings. The quantitative estimate of drug-likeness (QED) is 0.181. The number of nitrogens with zero attached hydrogens (tertiary/aromatic N) is 3. The number of guanidine groups is 1. The Morgan fingerprint density at radius 2 is 2.03 bits per heavy atom. The standard InChI is InChI=1S/C19H26N6O5/c20-19(21)23-16(13-7-9-24(10-13)17(26)15-2-1-8-22-15)18(27)30-11-12-3-5-14(6-4-12)25(28)29/h3-6,13,15-16,22H,1-2,7-11H2,(H4,20,21,23)/t13-,15?,16?/m1/s1. The lowest BCUT2D eigenvalue weighted by atomic mass is 9.99. The van der Waals surface area contributed by atoms with Crippen LogP contribution in [0.25, 0.3) is 0 Å². The van der Waals surface area contributed by atoms with Gasteiger partial charge >= 0.3 is 5.97 Å². The summed E-state index contributed by atoms with van der Waals surface area (Å²) in [6.45, 7) is 1.69. The molecule has 2 unspecified atom stereocenters. The molecule has 1 aromatic carbocycles. The first-order valence-electron chi connectivity index (χ1n) is 9.86. The summed E-state index contributed by atoms with van der Waals surface area (Å²) in [6.07, 6.45) is 2.38. The second-order valence-corrected chi connectivity index (χ2v) is 7.51. The van der Waals surface area contributed by atoms with Gasteiger partial charge in [-0.15, -0.1) is 0 Å². The van der Waals surface area contributed by atoms with Crippen molar-refractivity contribution in [3.05, 3.63) is 39.9 Å². The zero-order chi connectivity index (χ0) is 21.7. The molecule has 2 aliphatic heterocycles. The fraction of sp³-hybridized carbons (Fsp3) is 0.526. The Balaban J connectivity index is 1.60. The van der Waals surface area contributed by atoms with Crippen molar-refractivity contribution in [3.8, 4) is 0 Å². The monoisotopic (exact) mass is 418 g/mol. The van der Waals surface area contributed by atoms with Crippen LogP contribution in [0.3, 0.4) is 0 Å². The number of aliphatic imine (C=N–C) groups is 1. The molecule has 0 radical (unpaired) electrons. The molecule has 2 fully saturated rings. The van der Waals surface area contributed by atoms with E-state index in [1.54, 1.807) is 4.90 Å². The molecular weight excluding hydrogens is 392 g/mol. The number of hydrogen-bond acceptors (Lipinski definition) is 7. The number of benzene rings is 1. The molecule has 3 atom stereocenters. The Morgan fingerprint density at radius 1 is 1.30 bits per heavy atom. The number of nitrogens with two attached hydrogens (primary N) is 2. The molecule has 0 saturated carbocycles. The zero-order valence-corrected chi connectivity index (χ0v) is 16.5. The van der Waals surface area contributed by atoms with Gasteiger partial charge in [0.2, 0.25) is 5.91 Å². The van der Waals surface area contributed by atoms with Crippen LogP contribution in [0.4, 0.5) is 5.69 Å². The van der Waals surface area contributed by atoms with E-state index in [1.807, 2.05) is 0 Å². The molecule has 2 saturated heterocycles. The average molecular weight is 418 g/mol. The molecule has 0 aromatic heterocycles. The van der Waals surface area contributed by atoms with Crippen molar-refractivity contribution in [1.29, 1.82) is 0 Å². The minimum Gasteiger partial charge on any atom is -0.459 e. The molecule has 11 nitrogen and oxygen atoms in total. The minimum atomic E-state index is -0.914. The predicted molar refractivity (Wildman–Crippen MR) is 108 cm³/mol. The van der Waals surface area contributed by atoms with Gasteiger partial charge in [-0.2, -0.15) is 0 Å². The molecule has 2 aliphatic rings. The largest absolute Gasteiger partial charge is 0.459 e. The van der Waals surface area contributed by atoms with Crippen LogP contribution in [-0.4, -0.2) is 59.4 Å². The van der Waals surface area contributed by atoms with E-state index >= 15 is 0 Å². The highest BCUT2D eigenvalue weighted by molar-refractivity contribution is 5.84. The van der Waals surface area contributed by atoms with E-state index in [4.69, 9.17) is 16.2 Å². The number of rotatable bonds is 7. The summed E-state index contributed by atoms with van der Waals surface area (Å²) < 4.78 is 5.36. The van der Waals surface area contributed by atoms with Crippen LogP contribution < -0.4 is 16.8 Å². The molecule has 0 aliphatic carbocycles. The van der Waals surface area contributed by atoms with Crippen LogP contribution in [0.2, 0.25) is 0 Å². The fourth-order valence-electron chi connectivity index (χ4n) is 3.83. The lowest BCUT2D eigenvalue weighted by molar-refractivity contribution is -0.384. The number of nitro benzene ring substituents is 1. The summed E-state index contributed by atoms with van der Waals surface area (Å²) in [5.41, 5.74) is 11.6. The molecule has 3 rings (SSSR count). The van der Waals surface area contributed by atoms with Crippen molar-refractivity contribution < 1.29 is 19.2 Å². The third-order valence-electron chi connectivity index (χ3n) is 5.40. The maximum atomic E-state index is 12.7. The Hall–Kier alpha value is -3.21. The first-order chi connectivity index (χ1) is 14.3. The third-order valence-corrected chi connectivity index (χ3v) is 5.40. The summed E-state index contributed by atoms with van der Waals surface area (Å²) in [6, 6.07) is 4.64. The van der Waals surface area contributed by atoms with E-state index in [2.05, 4.69) is 10.3 Å². The van der Waals surface area contributed by atoms with E-state index in [9.17, 15) is 19.7 Å². The number of hydrogen-bond donors (Lipinski definition) is 3. The zero-order valence-electron chi connectivity index (χ0n) is 16.5. The molecule has 0 bridgehead atoms. The van der Waals surface area contributed by atoms with Crippen LogP contribution in [0.5, 0.6) is 0 Å². The highest BCUT2D eigenvalue weighted by atomic mass is 16.6. The van der Waals surface area contributed by atoms with E-state index in [0.717, 1.165) is 19.4 Å². The van der Waals surface area contributed by atoms with E-state index in [0.29, 0.717) is 25.1 Å². The van der Waals surface area contributed by atoms with Gasteiger partial charge in [0.05, 0.1) is 11.0 Å². The maximum absolute atomic E-state index is 12.7. The van der Waals surface area contributed by atoms with Gasteiger partial charge in [0.1, 0.15) is 6.61 Å². The van der Waals surface area contributed by atoms with Crippen molar-refractivity contribution in [2.45, 2.75) is 38.0 Å². The third kappa shape index (κ3) is 5.23. The molecule has 2 heterocycles. The number of esters is 1. The van der Waals surface area contributed by atoms with Crippen LogP contribution in [-0.2, 0) is 20.9 Å². The Bertz CT molecular complexity index is 817. The first-order valence-corrected chi connectivity index (χ1v) is 9.86. The van der Waals surface area contributed by atoms with Crippen LogP contribution in [0.15, 0.2) is 29.3 Å². The van der Waals surface area contributed by atoms with Gasteiger partial charge in [-0.25, -0.2) is 9.79 Å². The van der Waals surface area contributed by atoms with Gasteiger partial charge in [0.15, 0.2) is 12.0 Å². The van der Waals surface area contributed by atoms with Crippen LogP contribution in [0, 0.1) is 16.0 Å². The van der Waals surface area contributed by atoms with Crippen molar-refractivity contribution in [2.75, 3.05) is 19.6 Å². The molecule has 162 valence electrons. The van der Waals surface area contributed by atoms with Crippen molar-refractivity contribution in [1.82, 2.24) is 10.2 Å². The van der Waals surface area contributed by atoms with Gasteiger partial charge in [0, 0.05) is 31.1 Å². The van der Waals surface area contributed by atoms with Gasteiger partial charge < -0.3 is 26.4 Å². The summed E-state index contributed by atoms with van der Waals surface area (Å²) in [7, 11) is 0. The number of nitro groups is 1. The highest BCUT2D eigenvalue weighted by Crippen LogP contribution is 2.25. The van der Waals surface area contributed by atoms with Crippen LogP contribution in [0.1, 0.15) is 24.8 Å². The smallest absolute Gasteiger partial charge is 0.331 e. The second-order valence-electron chi connectivity index (χ2n) is 7.51. The van der Waals surface area contributed by atoms with E-state index < -0.39 is 16.9 Å². The first kappa shape index (κ1) is 21.5. The van der Waals surface area contributed by atoms with E-state index in [1.165, 1.54) is 24.3 Å². The summed E-state index contributed by atoms with van der Waals surface area (Å²) in [5.74, 6) is -1.03. The number of nitrogens with one attached hydrogen (secondary N) is 1. The summed E-state index contributed by atoms with van der Waals surface area (Å²) in [4.78, 5) is 41.3. The van der Waals surface area contributed by atoms with Crippen molar-refractivity contribution in [2.24, 2.45) is 22.4 Å². The Morgan fingerprint density at radius 3 is 2.63 bits per heavy atom. The topological polar surface area (TPSA) is 166 Å². The molecule has 30 heavy (non-hydrogen) atoms. The number of non-ortho nitro benzene ring substituents is 1. The average Bonchev–Trinajstić information content (AvgIpc) is 3.42. The molecular formula is C19H26N6O5. The number of ether oxygens (including phenoxy) is 1. The Labute approximate surface area is 173 Å². The lowest BCUT2D eigenvalue weighted by Crippen LogP contribution is -2.43. The van der Waals surface area contributed by atoms with Crippen LogP contribution >= 0.6 is 0 Å². The molecule has 5 N–H and O–H groups in total. The fourth-order valence-corrected chi connectivity index (χ4v) is 3.83. The summed E-state index contributed by atoms with van der Waals surface area (Å²) in [5, 5.41) is 13.9. The van der Waals surface area contributed by atoms with Gasteiger partial charge in [-0.3, -0.25) is 14.9 Å². The predicted octanol–water partition coefficient (Wildman–Crippen LogP) is -0.119. The number of likely N-dealkylation sites (tertiary alicyclic amines) is 1. The highest BCUT2D eigenvalue weighted by Gasteiger charge is 2.38.